The van der Waals surface area contributed by atoms with Gasteiger partial charge >= 0.3 is 0 Å². The average Bonchev–Trinajstić information content (AvgIpc) is 3.25. The summed E-state index contributed by atoms with van der Waals surface area (Å²) in [5, 5.41) is 0. The van der Waals surface area contributed by atoms with Crippen LogP contribution >= 0.6 is 0 Å². The number of benzene rings is 2. The lowest BCUT2D eigenvalue weighted by atomic mass is 9.90. The van der Waals surface area contributed by atoms with Gasteiger partial charge in [0.2, 0.25) is 6.79 Å². The molecule has 0 spiro atoms. The van der Waals surface area contributed by atoms with Gasteiger partial charge in [0.15, 0.2) is 11.5 Å². The van der Waals surface area contributed by atoms with Crippen molar-refractivity contribution in [2.45, 2.75) is 73.1 Å². The summed E-state index contributed by atoms with van der Waals surface area (Å²) in [5.74, 6) is 2.80. The van der Waals surface area contributed by atoms with Gasteiger partial charge in [-0.3, -0.25) is 0 Å². The zero-order valence-corrected chi connectivity index (χ0v) is 19.3. The van der Waals surface area contributed by atoms with E-state index in [1.54, 1.807) is 19.2 Å². The first-order chi connectivity index (χ1) is 14.2. The minimum atomic E-state index is -0.138. The predicted octanol–water partition coefficient (Wildman–Crippen LogP) is 7.99. The van der Waals surface area contributed by atoms with Crippen LogP contribution in [0.4, 0.5) is 4.39 Å². The Hall–Kier alpha value is -2.23. The standard InChI is InChI=1S/C13H19F.C8H8O3.2C2H6/c1-3-5-11(6-4-2)12-7-9-13(14)10-8-12;1-9-6-2-3-7-8(4-6)11-5-10-7;2*1-2/h7-11H,3-6H2,1-2H3;2-4H,5H2,1H3;2*1-2H3. The minimum Gasteiger partial charge on any atom is -0.497 e. The van der Waals surface area contributed by atoms with Crippen molar-refractivity contribution < 1.29 is 18.6 Å². The Morgan fingerprint density at radius 2 is 1.41 bits per heavy atom. The lowest BCUT2D eigenvalue weighted by molar-refractivity contribution is 0.174. The van der Waals surface area contributed by atoms with Crippen molar-refractivity contribution >= 4 is 0 Å². The number of halogens is 1. The first kappa shape index (κ1) is 26.8. The third-order valence-corrected chi connectivity index (χ3v) is 4.20. The first-order valence-corrected chi connectivity index (χ1v) is 10.9. The molecule has 0 fully saturated rings. The van der Waals surface area contributed by atoms with Crippen molar-refractivity contribution in [3.8, 4) is 17.2 Å². The second kappa shape index (κ2) is 16.7. The summed E-state index contributed by atoms with van der Waals surface area (Å²) in [6, 6.07) is 12.5. The maximum absolute atomic E-state index is 12.7. The van der Waals surface area contributed by atoms with E-state index in [1.165, 1.54) is 31.2 Å². The third-order valence-electron chi connectivity index (χ3n) is 4.20. The van der Waals surface area contributed by atoms with Crippen molar-refractivity contribution in [2.24, 2.45) is 0 Å². The van der Waals surface area contributed by atoms with Crippen molar-refractivity contribution in [2.75, 3.05) is 13.9 Å². The summed E-state index contributed by atoms with van der Waals surface area (Å²) in [4.78, 5) is 0. The summed E-state index contributed by atoms with van der Waals surface area (Å²) in [6.07, 6.45) is 4.81. The fourth-order valence-electron chi connectivity index (χ4n) is 2.91. The number of fused-ring (bicyclic) bond motifs is 1. The van der Waals surface area contributed by atoms with Crippen LogP contribution in [0, 0.1) is 5.82 Å². The Labute approximate surface area is 177 Å². The Bertz CT molecular complexity index is 635. The molecule has 1 heterocycles. The molecular formula is C25H39FO3. The van der Waals surface area contributed by atoms with Gasteiger partial charge in [0.25, 0.3) is 0 Å². The van der Waals surface area contributed by atoms with E-state index in [9.17, 15) is 4.39 Å². The van der Waals surface area contributed by atoms with Crippen LogP contribution in [0.3, 0.4) is 0 Å². The number of hydrogen-bond acceptors (Lipinski definition) is 3. The molecule has 0 atom stereocenters. The summed E-state index contributed by atoms with van der Waals surface area (Å²) in [6.45, 7) is 12.7. The highest BCUT2D eigenvalue weighted by molar-refractivity contribution is 5.46. The molecule has 0 N–H and O–H groups in total. The highest BCUT2D eigenvalue weighted by Crippen LogP contribution is 2.34. The lowest BCUT2D eigenvalue weighted by Gasteiger charge is -2.15. The molecule has 164 valence electrons. The van der Waals surface area contributed by atoms with Crippen LogP contribution in [0.15, 0.2) is 42.5 Å². The van der Waals surface area contributed by atoms with Gasteiger partial charge in [-0.2, -0.15) is 0 Å². The lowest BCUT2D eigenvalue weighted by Crippen LogP contribution is -1.98. The molecule has 1 aliphatic heterocycles. The number of hydrogen-bond donors (Lipinski definition) is 0. The monoisotopic (exact) mass is 406 g/mol. The van der Waals surface area contributed by atoms with Gasteiger partial charge in [0.1, 0.15) is 11.6 Å². The maximum Gasteiger partial charge on any atom is 0.231 e. The summed E-state index contributed by atoms with van der Waals surface area (Å²) in [7, 11) is 1.62. The predicted molar refractivity (Wildman–Crippen MR) is 121 cm³/mol. The molecule has 2 aromatic carbocycles. The van der Waals surface area contributed by atoms with Crippen LogP contribution in [0.25, 0.3) is 0 Å². The fraction of sp³-hybridized carbons (Fsp3) is 0.520. The Morgan fingerprint density at radius 3 is 1.93 bits per heavy atom. The second-order valence-corrected chi connectivity index (χ2v) is 6.05. The Morgan fingerprint density at radius 1 is 0.862 bits per heavy atom. The quantitative estimate of drug-likeness (QED) is 0.486. The largest absolute Gasteiger partial charge is 0.497 e. The summed E-state index contributed by atoms with van der Waals surface area (Å²) >= 11 is 0. The molecule has 0 aromatic heterocycles. The topological polar surface area (TPSA) is 27.7 Å². The number of rotatable bonds is 6. The molecule has 0 aliphatic carbocycles. The minimum absolute atomic E-state index is 0.138. The van der Waals surface area contributed by atoms with Crippen LogP contribution in [0.1, 0.15) is 78.7 Å². The van der Waals surface area contributed by atoms with E-state index >= 15 is 0 Å². The van der Waals surface area contributed by atoms with Crippen molar-refractivity contribution in [3.63, 3.8) is 0 Å². The zero-order valence-electron chi connectivity index (χ0n) is 19.3. The molecule has 3 nitrogen and oxygen atoms in total. The highest BCUT2D eigenvalue weighted by Gasteiger charge is 2.12. The van der Waals surface area contributed by atoms with Gasteiger partial charge in [-0.05, 0) is 48.6 Å². The second-order valence-electron chi connectivity index (χ2n) is 6.05. The van der Waals surface area contributed by atoms with E-state index in [0.717, 1.165) is 17.2 Å². The van der Waals surface area contributed by atoms with Crippen LogP contribution in [0.5, 0.6) is 17.2 Å². The van der Waals surface area contributed by atoms with Gasteiger partial charge in [-0.1, -0.05) is 66.5 Å². The average molecular weight is 407 g/mol. The zero-order chi connectivity index (χ0) is 22.1. The van der Waals surface area contributed by atoms with E-state index in [4.69, 9.17) is 14.2 Å². The smallest absolute Gasteiger partial charge is 0.231 e. The normalized spacial score (nSPS) is 10.7. The molecule has 2 aromatic rings. The maximum atomic E-state index is 12.7. The van der Waals surface area contributed by atoms with E-state index in [2.05, 4.69) is 13.8 Å². The van der Waals surface area contributed by atoms with E-state index in [0.29, 0.717) is 12.7 Å². The number of ether oxygens (including phenoxy) is 3. The first-order valence-electron chi connectivity index (χ1n) is 10.9. The van der Waals surface area contributed by atoms with Crippen molar-refractivity contribution in [3.05, 3.63) is 53.8 Å². The summed E-state index contributed by atoms with van der Waals surface area (Å²) in [5.41, 5.74) is 1.29. The Balaban J connectivity index is 0.000000469. The fourth-order valence-corrected chi connectivity index (χ4v) is 2.91. The van der Waals surface area contributed by atoms with Gasteiger partial charge in [-0.15, -0.1) is 0 Å². The molecule has 1 aliphatic rings. The molecule has 0 radical (unpaired) electrons. The Kier molecular flexibility index (Phi) is 15.4. The molecule has 29 heavy (non-hydrogen) atoms. The van der Waals surface area contributed by atoms with Crippen molar-refractivity contribution in [1.82, 2.24) is 0 Å². The van der Waals surface area contributed by atoms with E-state index in [-0.39, 0.29) is 5.82 Å². The van der Waals surface area contributed by atoms with Gasteiger partial charge in [-0.25, -0.2) is 4.39 Å². The molecule has 0 saturated carbocycles. The molecule has 0 unspecified atom stereocenters. The summed E-state index contributed by atoms with van der Waals surface area (Å²) < 4.78 is 28.0. The molecule has 4 heteroatoms. The van der Waals surface area contributed by atoms with Crippen LogP contribution in [-0.4, -0.2) is 13.9 Å². The van der Waals surface area contributed by atoms with E-state index in [1.807, 2.05) is 58.0 Å². The SMILES string of the molecule is CC.CC.CCCC(CCC)c1ccc(F)cc1.COc1ccc2c(c1)OCO2. The van der Waals surface area contributed by atoms with Crippen LogP contribution < -0.4 is 14.2 Å². The van der Waals surface area contributed by atoms with Gasteiger partial charge in [0.05, 0.1) is 7.11 Å². The van der Waals surface area contributed by atoms with Gasteiger partial charge < -0.3 is 14.2 Å². The molecule has 3 rings (SSSR count). The third kappa shape index (κ3) is 9.69. The van der Waals surface area contributed by atoms with Crippen molar-refractivity contribution in [1.29, 1.82) is 0 Å². The van der Waals surface area contributed by atoms with Crippen LogP contribution in [0.2, 0.25) is 0 Å². The van der Waals surface area contributed by atoms with Crippen LogP contribution in [-0.2, 0) is 0 Å². The molecule has 0 amide bonds. The molecule has 0 bridgehead atoms. The molecule has 0 saturated heterocycles. The van der Waals surface area contributed by atoms with Gasteiger partial charge in [0, 0.05) is 6.07 Å². The molecular weight excluding hydrogens is 367 g/mol. The van der Waals surface area contributed by atoms with E-state index < -0.39 is 0 Å². The highest BCUT2D eigenvalue weighted by atomic mass is 19.1. The number of methoxy groups -OCH3 is 1.